The monoisotopic (exact) mass is 255 g/mol. The zero-order chi connectivity index (χ0) is 13.7. The van der Waals surface area contributed by atoms with Gasteiger partial charge >= 0.3 is 5.97 Å². The summed E-state index contributed by atoms with van der Waals surface area (Å²) < 4.78 is 9.58. The van der Waals surface area contributed by atoms with Crippen LogP contribution in [0.3, 0.4) is 0 Å². The fraction of sp³-hybridized carbons (Fsp3) is 0.417. The predicted molar refractivity (Wildman–Crippen MR) is 64.2 cm³/mol. The minimum atomic E-state index is -1.25. The van der Waals surface area contributed by atoms with Crippen LogP contribution in [0.25, 0.3) is 0 Å². The second-order valence-corrected chi connectivity index (χ2v) is 3.65. The number of benzene rings is 1. The molecule has 0 saturated heterocycles. The summed E-state index contributed by atoms with van der Waals surface area (Å²) in [5.41, 5.74) is 5.88. The third-order valence-corrected chi connectivity index (χ3v) is 2.44. The molecule has 2 atom stereocenters. The summed E-state index contributed by atoms with van der Waals surface area (Å²) in [6.45, 7) is 1.84. The summed E-state index contributed by atoms with van der Waals surface area (Å²) in [5, 5.41) is 19.5. The molecule has 0 spiro atoms. The van der Waals surface area contributed by atoms with Crippen molar-refractivity contribution in [1.82, 2.24) is 0 Å². The topological polar surface area (TPSA) is 102 Å². The Morgan fingerprint density at radius 2 is 2.17 bits per heavy atom. The number of rotatable bonds is 5. The van der Waals surface area contributed by atoms with Crippen molar-refractivity contribution in [3.63, 3.8) is 0 Å². The first-order chi connectivity index (χ1) is 8.51. The van der Waals surface area contributed by atoms with Crippen LogP contribution in [0.15, 0.2) is 18.2 Å². The molecule has 6 nitrogen and oxygen atoms in total. The first-order valence-corrected chi connectivity index (χ1v) is 5.48. The third kappa shape index (κ3) is 3.12. The number of methoxy groups -OCH3 is 1. The van der Waals surface area contributed by atoms with E-state index < -0.39 is 18.1 Å². The van der Waals surface area contributed by atoms with Crippen LogP contribution in [0.1, 0.15) is 18.6 Å². The molecule has 1 aromatic rings. The van der Waals surface area contributed by atoms with Gasteiger partial charge in [0.25, 0.3) is 0 Å². The van der Waals surface area contributed by atoms with Gasteiger partial charge in [0.2, 0.25) is 0 Å². The number of hydrogen-bond donors (Lipinski definition) is 3. The Morgan fingerprint density at radius 1 is 1.50 bits per heavy atom. The van der Waals surface area contributed by atoms with Gasteiger partial charge in [-0.15, -0.1) is 0 Å². The van der Waals surface area contributed by atoms with E-state index in [4.69, 9.17) is 15.2 Å². The van der Waals surface area contributed by atoms with Crippen molar-refractivity contribution in [2.75, 3.05) is 13.7 Å². The third-order valence-electron chi connectivity index (χ3n) is 2.44. The Bertz CT molecular complexity index is 421. The predicted octanol–water partition coefficient (Wildman–Crippen LogP) is 0.325. The molecule has 100 valence electrons. The lowest BCUT2D eigenvalue weighted by atomic mass is 10.0. The Kier molecular flexibility index (Phi) is 4.94. The summed E-state index contributed by atoms with van der Waals surface area (Å²) in [6, 6.07) is 3.09. The number of esters is 1. The lowest BCUT2D eigenvalue weighted by molar-refractivity contribution is -0.147. The van der Waals surface area contributed by atoms with Gasteiger partial charge in [0.15, 0.2) is 11.5 Å². The Morgan fingerprint density at radius 3 is 2.67 bits per heavy atom. The number of aromatic hydroxyl groups is 1. The summed E-state index contributed by atoms with van der Waals surface area (Å²) in [7, 11) is 1.41. The largest absolute Gasteiger partial charge is 0.504 e. The van der Waals surface area contributed by atoms with Gasteiger partial charge in [-0.25, -0.2) is 0 Å². The standard InChI is InChI=1S/C12H17NO5/c1-3-18-12(16)10(13)11(15)7-4-5-9(17-2)8(14)6-7/h4-6,10-11,14-15H,3,13H2,1-2H3. The maximum atomic E-state index is 11.4. The molecule has 0 fully saturated rings. The van der Waals surface area contributed by atoms with Crippen molar-refractivity contribution in [3.05, 3.63) is 23.8 Å². The second-order valence-electron chi connectivity index (χ2n) is 3.65. The van der Waals surface area contributed by atoms with E-state index in [2.05, 4.69) is 0 Å². The van der Waals surface area contributed by atoms with E-state index in [1.807, 2.05) is 0 Å². The van der Waals surface area contributed by atoms with Crippen LogP contribution in [0.2, 0.25) is 0 Å². The van der Waals surface area contributed by atoms with Gasteiger partial charge in [0, 0.05) is 0 Å². The van der Waals surface area contributed by atoms with Gasteiger partial charge in [0.05, 0.1) is 13.7 Å². The molecule has 18 heavy (non-hydrogen) atoms. The van der Waals surface area contributed by atoms with E-state index in [1.165, 1.54) is 25.3 Å². The molecular formula is C12H17NO5. The summed E-state index contributed by atoms with van der Waals surface area (Å²) in [4.78, 5) is 11.4. The highest BCUT2D eigenvalue weighted by Gasteiger charge is 2.25. The maximum absolute atomic E-state index is 11.4. The summed E-state index contributed by atoms with van der Waals surface area (Å²) in [6.07, 6.45) is -1.25. The number of nitrogens with two attached hydrogens (primary N) is 1. The Balaban J connectivity index is 2.86. The number of carbonyl (C=O) groups excluding carboxylic acids is 1. The van der Waals surface area contributed by atoms with Crippen molar-refractivity contribution < 1.29 is 24.5 Å². The molecule has 0 saturated carbocycles. The van der Waals surface area contributed by atoms with Gasteiger partial charge in [-0.2, -0.15) is 0 Å². The average Bonchev–Trinajstić information content (AvgIpc) is 2.37. The number of hydrogen-bond acceptors (Lipinski definition) is 6. The van der Waals surface area contributed by atoms with E-state index in [0.29, 0.717) is 5.56 Å². The summed E-state index contributed by atoms with van der Waals surface area (Å²) in [5.74, 6) is -0.555. The number of ether oxygens (including phenoxy) is 2. The van der Waals surface area contributed by atoms with Crippen LogP contribution in [-0.4, -0.2) is 35.9 Å². The molecule has 1 aromatic carbocycles. The second kappa shape index (κ2) is 6.23. The van der Waals surface area contributed by atoms with Gasteiger partial charge in [-0.1, -0.05) is 6.07 Å². The SMILES string of the molecule is CCOC(=O)C(N)C(O)c1ccc(OC)c(O)c1. The molecule has 0 aliphatic rings. The molecule has 4 N–H and O–H groups in total. The summed E-state index contributed by atoms with van der Waals surface area (Å²) >= 11 is 0. The van der Waals surface area contributed by atoms with E-state index in [-0.39, 0.29) is 18.1 Å². The number of aliphatic hydroxyl groups is 1. The fourth-order valence-corrected chi connectivity index (χ4v) is 1.47. The van der Waals surface area contributed by atoms with E-state index >= 15 is 0 Å². The maximum Gasteiger partial charge on any atom is 0.325 e. The molecule has 0 aliphatic heterocycles. The highest BCUT2D eigenvalue weighted by Crippen LogP contribution is 2.29. The Hall–Kier alpha value is -1.79. The van der Waals surface area contributed by atoms with Crippen molar-refractivity contribution in [2.45, 2.75) is 19.1 Å². The van der Waals surface area contributed by atoms with Gasteiger partial charge in [0.1, 0.15) is 12.1 Å². The molecule has 0 aliphatic carbocycles. The zero-order valence-corrected chi connectivity index (χ0v) is 10.3. The minimum Gasteiger partial charge on any atom is -0.504 e. The van der Waals surface area contributed by atoms with Crippen LogP contribution in [-0.2, 0) is 9.53 Å². The van der Waals surface area contributed by atoms with Crippen molar-refractivity contribution in [2.24, 2.45) is 5.73 Å². The number of carbonyl (C=O) groups is 1. The highest BCUT2D eigenvalue weighted by atomic mass is 16.5. The number of phenols is 1. The van der Waals surface area contributed by atoms with Gasteiger partial charge < -0.3 is 25.4 Å². The van der Waals surface area contributed by atoms with Crippen LogP contribution in [0.4, 0.5) is 0 Å². The van der Waals surface area contributed by atoms with Crippen LogP contribution in [0, 0.1) is 0 Å². The van der Waals surface area contributed by atoms with Crippen molar-refractivity contribution in [3.8, 4) is 11.5 Å². The molecule has 0 bridgehead atoms. The normalized spacial score (nSPS) is 13.8. The molecule has 0 heterocycles. The Labute approximate surface area is 105 Å². The molecule has 6 heteroatoms. The van der Waals surface area contributed by atoms with E-state index in [0.717, 1.165) is 0 Å². The van der Waals surface area contributed by atoms with Gasteiger partial charge in [-0.05, 0) is 24.6 Å². The highest BCUT2D eigenvalue weighted by molar-refractivity contribution is 5.76. The first kappa shape index (κ1) is 14.3. The van der Waals surface area contributed by atoms with Crippen LogP contribution < -0.4 is 10.5 Å². The van der Waals surface area contributed by atoms with Crippen LogP contribution >= 0.6 is 0 Å². The molecular weight excluding hydrogens is 238 g/mol. The molecule has 2 unspecified atom stereocenters. The minimum absolute atomic E-state index is 0.134. The lowest BCUT2D eigenvalue weighted by Gasteiger charge is -2.18. The fourth-order valence-electron chi connectivity index (χ4n) is 1.47. The zero-order valence-electron chi connectivity index (χ0n) is 10.3. The molecule has 0 aromatic heterocycles. The molecule has 0 amide bonds. The molecule has 1 rings (SSSR count). The van der Waals surface area contributed by atoms with Crippen LogP contribution in [0.5, 0.6) is 11.5 Å². The smallest absolute Gasteiger partial charge is 0.325 e. The van der Waals surface area contributed by atoms with Gasteiger partial charge in [-0.3, -0.25) is 4.79 Å². The number of aliphatic hydroxyl groups excluding tert-OH is 1. The average molecular weight is 255 g/mol. The molecule has 0 radical (unpaired) electrons. The van der Waals surface area contributed by atoms with E-state index in [1.54, 1.807) is 6.92 Å². The van der Waals surface area contributed by atoms with E-state index in [9.17, 15) is 15.0 Å². The first-order valence-electron chi connectivity index (χ1n) is 5.48. The van der Waals surface area contributed by atoms with Crippen molar-refractivity contribution in [1.29, 1.82) is 0 Å². The lowest BCUT2D eigenvalue weighted by Crippen LogP contribution is -2.38. The number of phenolic OH excluding ortho intramolecular Hbond substituents is 1. The quantitative estimate of drug-likeness (QED) is 0.655. The van der Waals surface area contributed by atoms with Crippen molar-refractivity contribution >= 4 is 5.97 Å².